The van der Waals surface area contributed by atoms with Crippen LogP contribution in [0.1, 0.15) is 6.92 Å². The van der Waals surface area contributed by atoms with Crippen molar-refractivity contribution in [3.63, 3.8) is 0 Å². The van der Waals surface area contributed by atoms with Gasteiger partial charge in [-0.15, -0.1) is 0 Å². The first-order valence-corrected chi connectivity index (χ1v) is 6.38. The third-order valence-electron chi connectivity index (χ3n) is 1.83. The molecule has 3 N–H and O–H groups in total. The van der Waals surface area contributed by atoms with Gasteiger partial charge in [-0.05, 0) is 6.07 Å². The molecule has 7 heteroatoms. The first kappa shape index (κ1) is 11.7. The van der Waals surface area contributed by atoms with Crippen molar-refractivity contribution in [1.29, 1.82) is 0 Å². The van der Waals surface area contributed by atoms with Gasteiger partial charge in [-0.2, -0.15) is 4.98 Å². The first-order valence-electron chi connectivity index (χ1n) is 4.56. The number of nitrogens with zero attached hydrogens (tertiary/aromatic N) is 2. The predicted molar refractivity (Wildman–Crippen MR) is 59.3 cm³/mol. The van der Waals surface area contributed by atoms with Crippen molar-refractivity contribution in [2.45, 2.75) is 6.92 Å². The van der Waals surface area contributed by atoms with Crippen LogP contribution in [0.3, 0.4) is 0 Å². The third kappa shape index (κ3) is 4.11. The van der Waals surface area contributed by atoms with Gasteiger partial charge in [-0.25, -0.2) is 13.4 Å². The first-order chi connectivity index (χ1) is 7.03. The summed E-state index contributed by atoms with van der Waals surface area (Å²) in [4.78, 5) is 7.60. The fourth-order valence-corrected chi connectivity index (χ4v) is 1.65. The van der Waals surface area contributed by atoms with Crippen LogP contribution in [0.4, 0.5) is 11.8 Å². The molecule has 0 aromatic carbocycles. The molecule has 0 spiro atoms. The molecule has 0 aliphatic carbocycles. The minimum Gasteiger partial charge on any atom is -0.369 e. The minimum atomic E-state index is -2.94. The Morgan fingerprint density at radius 2 is 2.27 bits per heavy atom. The van der Waals surface area contributed by atoms with Gasteiger partial charge < -0.3 is 11.1 Å². The van der Waals surface area contributed by atoms with Crippen LogP contribution >= 0.6 is 0 Å². The molecule has 6 nitrogen and oxygen atoms in total. The number of nitrogens with one attached hydrogen (secondary N) is 1. The van der Waals surface area contributed by atoms with Crippen molar-refractivity contribution in [1.82, 2.24) is 9.97 Å². The number of hydrogen-bond donors (Lipinski definition) is 2. The lowest BCUT2D eigenvalue weighted by Crippen LogP contribution is -2.17. The van der Waals surface area contributed by atoms with Gasteiger partial charge in [-0.3, -0.25) is 0 Å². The lowest BCUT2D eigenvalue weighted by atomic mass is 10.5. The molecule has 0 unspecified atom stereocenters. The number of anilines is 2. The molecule has 0 aliphatic rings. The summed E-state index contributed by atoms with van der Waals surface area (Å²) in [5.41, 5.74) is 5.36. The van der Waals surface area contributed by atoms with Crippen LogP contribution in [0.2, 0.25) is 0 Å². The van der Waals surface area contributed by atoms with E-state index in [9.17, 15) is 8.42 Å². The van der Waals surface area contributed by atoms with Crippen molar-refractivity contribution in [3.05, 3.63) is 12.3 Å². The maximum atomic E-state index is 11.2. The van der Waals surface area contributed by atoms with E-state index >= 15 is 0 Å². The molecule has 0 fully saturated rings. The topological polar surface area (TPSA) is 98.0 Å². The largest absolute Gasteiger partial charge is 0.369 e. The number of rotatable bonds is 5. The van der Waals surface area contributed by atoms with E-state index in [1.807, 2.05) is 0 Å². The van der Waals surface area contributed by atoms with E-state index in [0.29, 0.717) is 12.4 Å². The summed E-state index contributed by atoms with van der Waals surface area (Å²) in [5.74, 6) is 0.945. The van der Waals surface area contributed by atoms with Crippen LogP contribution in [0, 0.1) is 0 Å². The molecule has 15 heavy (non-hydrogen) atoms. The summed E-state index contributed by atoms with van der Waals surface area (Å²) < 4.78 is 22.3. The van der Waals surface area contributed by atoms with Gasteiger partial charge >= 0.3 is 0 Å². The van der Waals surface area contributed by atoms with Gasteiger partial charge in [0.05, 0.1) is 5.75 Å². The normalized spacial score (nSPS) is 11.3. The van der Waals surface area contributed by atoms with E-state index in [2.05, 4.69) is 15.3 Å². The zero-order chi connectivity index (χ0) is 11.3. The second kappa shape index (κ2) is 4.92. The lowest BCUT2D eigenvalue weighted by molar-refractivity contribution is 0.597. The highest BCUT2D eigenvalue weighted by atomic mass is 32.2. The molecule has 0 bridgehead atoms. The van der Waals surface area contributed by atoms with Crippen LogP contribution in [0.15, 0.2) is 12.3 Å². The molecule has 0 radical (unpaired) electrons. The summed E-state index contributed by atoms with van der Waals surface area (Å²) in [6, 6.07) is 1.63. The molecular formula is C8H14N4O2S. The van der Waals surface area contributed by atoms with E-state index in [1.165, 1.54) is 6.20 Å². The third-order valence-corrected chi connectivity index (χ3v) is 3.54. The molecule has 0 saturated heterocycles. The quantitative estimate of drug-likeness (QED) is 0.733. The smallest absolute Gasteiger partial charge is 0.221 e. The Morgan fingerprint density at radius 1 is 1.53 bits per heavy atom. The summed E-state index contributed by atoms with van der Waals surface area (Å²) in [5, 5.41) is 2.87. The average Bonchev–Trinajstić information content (AvgIpc) is 2.18. The second-order valence-corrected chi connectivity index (χ2v) is 5.44. The summed E-state index contributed by atoms with van der Waals surface area (Å²) in [7, 11) is -2.94. The Kier molecular flexibility index (Phi) is 3.84. The van der Waals surface area contributed by atoms with Crippen molar-refractivity contribution in [2.24, 2.45) is 0 Å². The lowest BCUT2D eigenvalue weighted by Gasteiger charge is -2.05. The molecule has 1 aromatic rings. The maximum absolute atomic E-state index is 11.2. The summed E-state index contributed by atoms with van der Waals surface area (Å²) in [6.45, 7) is 1.95. The second-order valence-electron chi connectivity index (χ2n) is 2.96. The van der Waals surface area contributed by atoms with Gasteiger partial charge in [-0.1, -0.05) is 6.92 Å². The summed E-state index contributed by atoms with van der Waals surface area (Å²) in [6.07, 6.45) is 1.51. The zero-order valence-electron chi connectivity index (χ0n) is 8.47. The van der Waals surface area contributed by atoms with Crippen LogP contribution in [-0.2, 0) is 9.84 Å². The molecule has 0 saturated carbocycles. The van der Waals surface area contributed by atoms with Crippen LogP contribution in [0.5, 0.6) is 0 Å². The molecule has 0 atom stereocenters. The van der Waals surface area contributed by atoms with Gasteiger partial charge in [0.25, 0.3) is 0 Å². The highest BCUT2D eigenvalue weighted by molar-refractivity contribution is 7.91. The standard InChI is InChI=1S/C8H14N4O2S/c1-2-15(13,14)6-5-10-7-3-4-11-8(9)12-7/h3-4H,2,5-6H2,1H3,(H3,9,10,11,12). The van der Waals surface area contributed by atoms with Gasteiger partial charge in [0.1, 0.15) is 5.82 Å². The molecule has 0 amide bonds. The van der Waals surface area contributed by atoms with E-state index in [4.69, 9.17) is 5.73 Å². The van der Waals surface area contributed by atoms with Crippen LogP contribution in [-0.4, -0.2) is 36.4 Å². The number of aromatic nitrogens is 2. The Hall–Kier alpha value is -1.37. The monoisotopic (exact) mass is 230 g/mol. The van der Waals surface area contributed by atoms with E-state index < -0.39 is 9.84 Å². The number of nitrogen functional groups attached to an aromatic ring is 1. The SMILES string of the molecule is CCS(=O)(=O)CCNc1ccnc(N)n1. The van der Waals surface area contributed by atoms with Gasteiger partial charge in [0.15, 0.2) is 9.84 Å². The maximum Gasteiger partial charge on any atom is 0.221 e. The highest BCUT2D eigenvalue weighted by Gasteiger charge is 2.06. The molecule has 1 rings (SSSR count). The van der Waals surface area contributed by atoms with Crippen molar-refractivity contribution >= 4 is 21.6 Å². The summed E-state index contributed by atoms with van der Waals surface area (Å²) >= 11 is 0. The van der Waals surface area contributed by atoms with Crippen LogP contribution in [0.25, 0.3) is 0 Å². The average molecular weight is 230 g/mol. The van der Waals surface area contributed by atoms with Gasteiger partial charge in [0, 0.05) is 18.5 Å². The molecule has 84 valence electrons. The van der Waals surface area contributed by atoms with Crippen molar-refractivity contribution in [2.75, 3.05) is 29.1 Å². The van der Waals surface area contributed by atoms with E-state index in [0.717, 1.165) is 0 Å². The van der Waals surface area contributed by atoms with Crippen LogP contribution < -0.4 is 11.1 Å². The Morgan fingerprint density at radius 3 is 2.87 bits per heavy atom. The Bertz CT molecular complexity index is 418. The van der Waals surface area contributed by atoms with Crippen molar-refractivity contribution < 1.29 is 8.42 Å². The minimum absolute atomic E-state index is 0.0907. The molecule has 1 aromatic heterocycles. The predicted octanol–water partition coefficient (Wildman–Crippen LogP) is -0.0946. The number of sulfone groups is 1. The Balaban J connectivity index is 2.45. The Labute approximate surface area is 88.8 Å². The highest BCUT2D eigenvalue weighted by Crippen LogP contribution is 2.02. The number of hydrogen-bond acceptors (Lipinski definition) is 6. The van der Waals surface area contributed by atoms with Gasteiger partial charge in [0.2, 0.25) is 5.95 Å². The molecular weight excluding hydrogens is 216 g/mol. The van der Waals surface area contributed by atoms with Crippen molar-refractivity contribution in [3.8, 4) is 0 Å². The molecule has 1 heterocycles. The number of nitrogens with two attached hydrogens (primary N) is 1. The molecule has 0 aliphatic heterocycles. The van der Waals surface area contributed by atoms with E-state index in [1.54, 1.807) is 13.0 Å². The fraction of sp³-hybridized carbons (Fsp3) is 0.500. The fourth-order valence-electron chi connectivity index (χ4n) is 0.951. The van der Waals surface area contributed by atoms with E-state index in [-0.39, 0.29) is 17.5 Å². The zero-order valence-corrected chi connectivity index (χ0v) is 9.29.